The second kappa shape index (κ2) is 9.30. The lowest BCUT2D eigenvalue weighted by Gasteiger charge is -2.17. The molecule has 0 spiro atoms. The van der Waals surface area contributed by atoms with Crippen molar-refractivity contribution in [3.63, 3.8) is 0 Å². The molecule has 0 bridgehead atoms. The third kappa shape index (κ3) is 5.77. The molecule has 2 aromatic rings. The van der Waals surface area contributed by atoms with Crippen molar-refractivity contribution >= 4 is 5.91 Å². The van der Waals surface area contributed by atoms with Gasteiger partial charge in [0.25, 0.3) is 5.91 Å². The fraction of sp³-hybridized carbons (Fsp3) is 0.286. The Kier molecular flexibility index (Phi) is 7.09. The highest BCUT2D eigenvalue weighted by Gasteiger charge is 2.30. The smallest absolute Gasteiger partial charge is 0.416 e. The molecule has 28 heavy (non-hydrogen) atoms. The van der Waals surface area contributed by atoms with Crippen LogP contribution in [-0.2, 0) is 17.4 Å². The first-order valence-electron chi connectivity index (χ1n) is 8.61. The van der Waals surface area contributed by atoms with Gasteiger partial charge in [-0.3, -0.25) is 4.79 Å². The molecule has 1 unspecified atom stereocenters. The van der Waals surface area contributed by atoms with Crippen LogP contribution in [0.1, 0.15) is 29.7 Å². The third-order valence-electron chi connectivity index (χ3n) is 4.06. The Morgan fingerprint density at radius 2 is 1.96 bits per heavy atom. The van der Waals surface area contributed by atoms with Crippen molar-refractivity contribution in [1.29, 1.82) is 0 Å². The summed E-state index contributed by atoms with van der Waals surface area (Å²) in [6.45, 7) is 5.00. The zero-order valence-corrected chi connectivity index (χ0v) is 15.7. The number of ether oxygens (including phenoxy) is 2. The molecule has 2 aromatic carbocycles. The monoisotopic (exact) mass is 393 g/mol. The Labute approximate surface area is 162 Å². The average Bonchev–Trinajstić information content (AvgIpc) is 2.66. The maximum absolute atomic E-state index is 12.8. The molecule has 1 atom stereocenters. The van der Waals surface area contributed by atoms with E-state index in [4.69, 9.17) is 9.47 Å². The van der Waals surface area contributed by atoms with Gasteiger partial charge in [0.2, 0.25) is 0 Å². The standard InChI is InChI=1S/C21H22F3NO3/c1-4-6-15-9-10-18(19(11-15)27-3)28-13-20(26)25-14(2)16-7-5-8-17(12-16)21(22,23)24/h4-5,7-12,14H,1,6,13H2,2-3H3,(H,25,26). The largest absolute Gasteiger partial charge is 0.493 e. The van der Waals surface area contributed by atoms with Crippen LogP contribution in [-0.4, -0.2) is 19.6 Å². The van der Waals surface area contributed by atoms with Gasteiger partial charge in [0.1, 0.15) is 0 Å². The van der Waals surface area contributed by atoms with Crippen LogP contribution >= 0.6 is 0 Å². The molecule has 0 radical (unpaired) electrons. The summed E-state index contributed by atoms with van der Waals surface area (Å²) in [7, 11) is 1.50. The minimum Gasteiger partial charge on any atom is -0.493 e. The number of hydrogen-bond acceptors (Lipinski definition) is 3. The Balaban J connectivity index is 1.98. The number of carbonyl (C=O) groups is 1. The molecular formula is C21H22F3NO3. The van der Waals surface area contributed by atoms with Crippen molar-refractivity contribution in [2.75, 3.05) is 13.7 Å². The lowest BCUT2D eigenvalue weighted by atomic mass is 10.0. The van der Waals surface area contributed by atoms with Crippen LogP contribution in [0.3, 0.4) is 0 Å². The summed E-state index contributed by atoms with van der Waals surface area (Å²) in [6, 6.07) is 9.58. The van der Waals surface area contributed by atoms with Crippen molar-refractivity contribution in [3.8, 4) is 11.5 Å². The highest BCUT2D eigenvalue weighted by molar-refractivity contribution is 5.78. The van der Waals surface area contributed by atoms with Crippen LogP contribution < -0.4 is 14.8 Å². The van der Waals surface area contributed by atoms with Gasteiger partial charge in [0.15, 0.2) is 18.1 Å². The normalized spacial score (nSPS) is 12.2. The second-order valence-corrected chi connectivity index (χ2v) is 6.18. The summed E-state index contributed by atoms with van der Waals surface area (Å²) < 4.78 is 49.2. The Hall–Kier alpha value is -2.96. The van der Waals surface area contributed by atoms with Crippen molar-refractivity contribution < 1.29 is 27.4 Å². The molecule has 0 heterocycles. The molecular weight excluding hydrogens is 371 g/mol. The second-order valence-electron chi connectivity index (χ2n) is 6.18. The van der Waals surface area contributed by atoms with E-state index in [1.54, 1.807) is 25.1 Å². The summed E-state index contributed by atoms with van der Waals surface area (Å²) >= 11 is 0. The van der Waals surface area contributed by atoms with Crippen molar-refractivity contribution in [3.05, 3.63) is 71.8 Å². The maximum Gasteiger partial charge on any atom is 0.416 e. The Morgan fingerprint density at radius 1 is 1.21 bits per heavy atom. The van der Waals surface area contributed by atoms with Gasteiger partial charge < -0.3 is 14.8 Å². The SMILES string of the molecule is C=CCc1ccc(OCC(=O)NC(C)c2cccc(C(F)(F)F)c2)c(OC)c1. The topological polar surface area (TPSA) is 47.6 Å². The predicted octanol–water partition coefficient (Wildman–Crippen LogP) is 4.70. The molecule has 1 N–H and O–H groups in total. The van der Waals surface area contributed by atoms with Gasteiger partial charge in [0.05, 0.1) is 18.7 Å². The molecule has 0 aromatic heterocycles. The van der Waals surface area contributed by atoms with Crippen LogP contribution in [0, 0.1) is 0 Å². The molecule has 0 saturated heterocycles. The summed E-state index contributed by atoms with van der Waals surface area (Å²) in [5, 5.41) is 2.63. The van der Waals surface area contributed by atoms with Gasteiger partial charge in [-0.15, -0.1) is 6.58 Å². The summed E-state index contributed by atoms with van der Waals surface area (Å²) in [6.07, 6.45) is -2.00. The van der Waals surface area contributed by atoms with E-state index in [0.29, 0.717) is 23.5 Å². The number of hydrogen-bond donors (Lipinski definition) is 1. The summed E-state index contributed by atoms with van der Waals surface area (Å²) in [5.74, 6) is 0.428. The average molecular weight is 393 g/mol. The van der Waals surface area contributed by atoms with Crippen LogP contribution in [0.15, 0.2) is 55.1 Å². The number of allylic oxidation sites excluding steroid dienone is 1. The van der Waals surface area contributed by atoms with E-state index in [0.717, 1.165) is 17.7 Å². The zero-order chi connectivity index (χ0) is 20.7. The number of alkyl halides is 3. The Bertz CT molecular complexity index is 834. The van der Waals surface area contributed by atoms with E-state index in [1.807, 2.05) is 6.07 Å². The van der Waals surface area contributed by atoms with Crippen LogP contribution in [0.25, 0.3) is 0 Å². The van der Waals surface area contributed by atoms with Gasteiger partial charge in [-0.1, -0.05) is 24.3 Å². The maximum atomic E-state index is 12.8. The molecule has 0 saturated carbocycles. The number of nitrogens with one attached hydrogen (secondary N) is 1. The third-order valence-corrected chi connectivity index (χ3v) is 4.06. The lowest BCUT2D eigenvalue weighted by Crippen LogP contribution is -2.31. The number of carbonyl (C=O) groups excluding carboxylic acids is 1. The van der Waals surface area contributed by atoms with E-state index in [1.165, 1.54) is 19.2 Å². The molecule has 1 amide bonds. The minimum atomic E-state index is -4.43. The zero-order valence-electron chi connectivity index (χ0n) is 15.7. The highest BCUT2D eigenvalue weighted by atomic mass is 19.4. The summed E-state index contributed by atoms with van der Waals surface area (Å²) in [4.78, 5) is 12.1. The highest BCUT2D eigenvalue weighted by Crippen LogP contribution is 2.31. The van der Waals surface area contributed by atoms with E-state index in [-0.39, 0.29) is 6.61 Å². The van der Waals surface area contributed by atoms with Crippen LogP contribution in [0.4, 0.5) is 13.2 Å². The molecule has 2 rings (SSSR count). The van der Waals surface area contributed by atoms with E-state index in [2.05, 4.69) is 11.9 Å². The first-order chi connectivity index (χ1) is 13.2. The molecule has 4 nitrogen and oxygen atoms in total. The van der Waals surface area contributed by atoms with Crippen LogP contribution in [0.2, 0.25) is 0 Å². The molecule has 0 fully saturated rings. The van der Waals surface area contributed by atoms with Crippen molar-refractivity contribution in [1.82, 2.24) is 5.32 Å². The summed E-state index contributed by atoms with van der Waals surface area (Å²) in [5.41, 5.74) is 0.586. The molecule has 0 aliphatic carbocycles. The van der Waals surface area contributed by atoms with E-state index < -0.39 is 23.7 Å². The number of halogens is 3. The fourth-order valence-corrected chi connectivity index (χ4v) is 2.62. The fourth-order valence-electron chi connectivity index (χ4n) is 2.62. The number of amides is 1. The Morgan fingerprint density at radius 3 is 2.61 bits per heavy atom. The molecule has 0 aliphatic rings. The lowest BCUT2D eigenvalue weighted by molar-refractivity contribution is -0.137. The minimum absolute atomic E-state index is 0.291. The van der Waals surface area contributed by atoms with Gasteiger partial charge >= 0.3 is 6.18 Å². The van der Waals surface area contributed by atoms with E-state index in [9.17, 15) is 18.0 Å². The number of rotatable bonds is 8. The first-order valence-corrected chi connectivity index (χ1v) is 8.61. The molecule has 7 heteroatoms. The number of methoxy groups -OCH3 is 1. The van der Waals surface area contributed by atoms with Crippen LogP contribution in [0.5, 0.6) is 11.5 Å². The van der Waals surface area contributed by atoms with Gasteiger partial charge in [-0.05, 0) is 48.7 Å². The first kappa shape index (κ1) is 21.3. The molecule has 150 valence electrons. The molecule has 0 aliphatic heterocycles. The predicted molar refractivity (Wildman–Crippen MR) is 100 cm³/mol. The quantitative estimate of drug-likeness (QED) is 0.662. The van der Waals surface area contributed by atoms with Crippen molar-refractivity contribution in [2.45, 2.75) is 25.6 Å². The van der Waals surface area contributed by atoms with Gasteiger partial charge in [-0.25, -0.2) is 0 Å². The van der Waals surface area contributed by atoms with E-state index >= 15 is 0 Å². The van der Waals surface area contributed by atoms with Gasteiger partial charge in [0, 0.05) is 0 Å². The number of benzene rings is 2. The van der Waals surface area contributed by atoms with Crippen molar-refractivity contribution in [2.24, 2.45) is 0 Å². The van der Waals surface area contributed by atoms with Gasteiger partial charge in [-0.2, -0.15) is 13.2 Å².